The average Bonchev–Trinajstić information content (AvgIpc) is 1.73. The number of nitrogens with one attached hydrogen (secondary N) is 5. The minimum Gasteiger partial charge on any atom is -0.413 e. The second kappa shape index (κ2) is 89.5. The summed E-state index contributed by atoms with van der Waals surface area (Å²) in [6, 6.07) is 0. The normalized spacial score (nSPS) is 13.4. The van der Waals surface area contributed by atoms with Crippen molar-refractivity contribution in [2.75, 3.05) is 0 Å². The quantitative estimate of drug-likeness (QED) is 0.0227. The van der Waals surface area contributed by atoms with Gasteiger partial charge in [0.05, 0.1) is 0 Å². The lowest BCUT2D eigenvalue weighted by Gasteiger charge is -2.29. The summed E-state index contributed by atoms with van der Waals surface area (Å²) in [5.41, 5.74) is -0.00621. The Labute approximate surface area is 825 Å². The molecule has 19 heteroatoms. The number of amides is 1. The summed E-state index contributed by atoms with van der Waals surface area (Å²) >= 11 is 0. The van der Waals surface area contributed by atoms with E-state index in [1.54, 1.807) is 31.0 Å². The minimum absolute atomic E-state index is 0.00233. The molecule has 5 aromatic rings. The largest absolute Gasteiger partial charge is 0.416 e. The molecule has 19 nitrogen and oxygen atoms in total. The van der Waals surface area contributed by atoms with E-state index in [0.29, 0.717) is 11.8 Å². The third kappa shape index (κ3) is 69.6. The van der Waals surface area contributed by atoms with Crippen LogP contribution in [0.2, 0.25) is 0 Å². The SMILES string of the molecule is CCCCCCCCCCCCCC(C)(C)c1c[nH]c(=O)o1.CCCCCCCCCCCCCC(C)c1c[nH]c(=O)o1.CCCCCCCCCCCCCCC(C)(CC)c1c[nH]c(=O)o1.CCCCCCCCCCCCCCC(CC)(CC)c1c[nH]c(=O)o1.CCCCCCCCCCCCCCC(CC)c1c[nH]c(=O)o1.CCCCCCCCCCCCCCC1ON=NC1=O. The van der Waals surface area contributed by atoms with Crippen molar-refractivity contribution in [3.05, 3.63) is 113 Å². The summed E-state index contributed by atoms with van der Waals surface area (Å²) in [6.45, 7) is 31.0. The number of carbonyl (C=O) groups excluding carboxylic acids is 1. The highest BCUT2D eigenvalue weighted by Gasteiger charge is 2.32. The van der Waals surface area contributed by atoms with Crippen molar-refractivity contribution in [3.8, 4) is 0 Å². The molecule has 5 aromatic heterocycles. The number of hydrogen-bond acceptors (Lipinski definition) is 13. The molecule has 1 aliphatic rings. The fourth-order valence-electron chi connectivity index (χ4n) is 19.0. The average molecular weight is 1900 g/mol. The lowest BCUT2D eigenvalue weighted by molar-refractivity contribution is -0.124. The maximum atomic E-state index is 11.3. The lowest BCUT2D eigenvalue weighted by Crippen LogP contribution is -2.24. The molecule has 5 N–H and O–H groups in total. The Kier molecular flexibility index (Phi) is 84.3. The summed E-state index contributed by atoms with van der Waals surface area (Å²) in [4.78, 5) is 84.7. The van der Waals surface area contributed by atoms with Crippen molar-refractivity contribution >= 4 is 5.91 Å². The molecule has 0 aromatic carbocycles. The first-order valence-electron chi connectivity index (χ1n) is 57.8. The topological polar surface area (TPSA) is 281 Å². The van der Waals surface area contributed by atoms with Crippen molar-refractivity contribution in [1.29, 1.82) is 0 Å². The molecule has 0 spiro atoms. The fourth-order valence-corrected chi connectivity index (χ4v) is 19.0. The first-order chi connectivity index (χ1) is 65.7. The standard InChI is InChI=1S/C22H41NO2.C21H39NO2.C20H37NO2.C19H35NO2.C18H33NO2.C16H30N2O2/c1-4-7-8-9-10-11-12-13-14-15-16-17-18-22(5-2,6-3)20-19-23-21(24)25-20;1-4-6-7-8-9-10-11-12-13-14-15-16-17-21(3,5-2)19-18-22-20(23)24-19;1-3-5-6-7-8-9-10-11-12-13-14-15-16-18(4-2)19-17-21-20(22)23-19;1-4-5-6-7-8-9-10-11-12-13-14-15-19(2,3)17-16-20-18(21)22-17;1-3-4-5-6-7-8-9-10-11-12-13-14-16(2)17-15-19-18(20)21-17;1-2-3-4-5-6-7-8-9-10-11-12-13-14-15-16(19)17-18-20-15/h19H,4-18H2,1-3H3,(H,23,24);18H,4-17H2,1-3H3,(H,22,23);17-18H,3-16H2,1-2H3,(H,21,22);16H,4-15H2,1-3H3,(H,20,21);15-16H,3-14H2,1-2H3,(H,19,20);15H,2-14H2,1H3. The van der Waals surface area contributed by atoms with Gasteiger partial charge in [0, 0.05) is 64.3 Å². The van der Waals surface area contributed by atoms with Gasteiger partial charge in [0.25, 0.3) is 0 Å². The van der Waals surface area contributed by atoms with Crippen LogP contribution in [0.5, 0.6) is 0 Å². The smallest absolute Gasteiger partial charge is 0.413 e. The van der Waals surface area contributed by atoms with Crippen LogP contribution in [-0.2, 0) is 25.9 Å². The third-order valence-corrected chi connectivity index (χ3v) is 29.0. The van der Waals surface area contributed by atoms with E-state index in [-0.39, 0.29) is 50.9 Å². The predicted octanol–water partition coefficient (Wildman–Crippen LogP) is 37.5. The Balaban J connectivity index is 0.000000811. The van der Waals surface area contributed by atoms with Crippen molar-refractivity contribution < 1.29 is 31.7 Å². The molecule has 0 bridgehead atoms. The molecule has 0 saturated heterocycles. The second-order valence-electron chi connectivity index (χ2n) is 41.4. The van der Waals surface area contributed by atoms with Crippen LogP contribution < -0.4 is 28.8 Å². The van der Waals surface area contributed by atoms with Gasteiger partial charge in [-0.05, 0) is 70.6 Å². The van der Waals surface area contributed by atoms with Crippen LogP contribution >= 0.6 is 0 Å². The van der Waals surface area contributed by atoms with Gasteiger partial charge in [-0.25, -0.2) is 24.0 Å². The van der Waals surface area contributed by atoms with Gasteiger partial charge in [-0.1, -0.05) is 545 Å². The van der Waals surface area contributed by atoms with Crippen LogP contribution in [0.25, 0.3) is 0 Å². The number of unbranched alkanes of at least 4 members (excludes halogenated alkanes) is 64. The molecule has 4 atom stereocenters. The van der Waals surface area contributed by atoms with Crippen molar-refractivity contribution in [2.24, 2.45) is 10.4 Å². The monoisotopic (exact) mass is 1900 g/mol. The maximum absolute atomic E-state index is 11.3. The van der Waals surface area contributed by atoms with Crippen LogP contribution in [0.1, 0.15) is 651 Å². The molecular weight excluding hydrogens is 1680 g/mol. The predicted molar refractivity (Wildman–Crippen MR) is 571 cm³/mol. The zero-order valence-electron chi connectivity index (χ0n) is 90.5. The molecule has 0 aliphatic carbocycles. The first kappa shape index (κ1) is 127. The van der Waals surface area contributed by atoms with Crippen LogP contribution in [0.15, 0.2) is 87.4 Å². The number of hydrogen-bond donors (Lipinski definition) is 5. The summed E-state index contributed by atoms with van der Waals surface area (Å²) in [5, 5.41) is 6.65. The van der Waals surface area contributed by atoms with Gasteiger partial charge in [0.15, 0.2) is 0 Å². The van der Waals surface area contributed by atoms with Crippen molar-refractivity contribution in [3.63, 3.8) is 0 Å². The summed E-state index contributed by atoms with van der Waals surface area (Å²) in [6.07, 6.45) is 114. The molecule has 6 heterocycles. The summed E-state index contributed by atoms with van der Waals surface area (Å²) in [5.74, 6) is 2.95. The van der Waals surface area contributed by atoms with E-state index in [9.17, 15) is 28.8 Å². The second-order valence-corrected chi connectivity index (χ2v) is 41.4. The summed E-state index contributed by atoms with van der Waals surface area (Å²) in [7, 11) is 0. The number of rotatable bonds is 85. The molecule has 1 aliphatic heterocycles. The van der Waals surface area contributed by atoms with E-state index in [0.717, 1.165) is 99.4 Å². The zero-order valence-corrected chi connectivity index (χ0v) is 90.5. The van der Waals surface area contributed by atoms with Crippen LogP contribution in [-0.4, -0.2) is 36.9 Å². The van der Waals surface area contributed by atoms with Gasteiger partial charge >= 0.3 is 34.7 Å². The van der Waals surface area contributed by atoms with Gasteiger partial charge in [-0.15, -0.1) is 0 Å². The third-order valence-electron chi connectivity index (χ3n) is 29.0. The van der Waals surface area contributed by atoms with Crippen LogP contribution in [0.3, 0.4) is 0 Å². The highest BCUT2D eigenvalue weighted by Crippen LogP contribution is 2.38. The minimum atomic E-state index is -0.391. The Morgan fingerprint density at radius 1 is 0.281 bits per heavy atom. The maximum Gasteiger partial charge on any atom is 0.416 e. The highest BCUT2D eigenvalue weighted by atomic mass is 16.7. The molecule has 1 amide bonds. The molecule has 0 saturated carbocycles. The first-order valence-corrected chi connectivity index (χ1v) is 57.8. The number of aromatic amines is 5. The molecule has 135 heavy (non-hydrogen) atoms. The van der Waals surface area contributed by atoms with Gasteiger partial charge in [-0.2, -0.15) is 0 Å². The molecular formula is C116H215N7O12. The van der Waals surface area contributed by atoms with E-state index >= 15 is 0 Å². The zero-order chi connectivity index (χ0) is 98.9. The fraction of sp³-hybridized carbons (Fsp3) is 0.862. The Hall–Kier alpha value is -5.88. The number of aromatic nitrogens is 5. The number of oxazole rings is 5. The van der Waals surface area contributed by atoms with Gasteiger partial charge in [0.1, 0.15) is 28.8 Å². The van der Waals surface area contributed by atoms with Crippen LogP contribution in [0, 0.1) is 0 Å². The highest BCUT2D eigenvalue weighted by molar-refractivity contribution is 5.81. The van der Waals surface area contributed by atoms with E-state index in [4.69, 9.17) is 26.9 Å². The number of H-pyrrole nitrogens is 5. The summed E-state index contributed by atoms with van der Waals surface area (Å²) < 4.78 is 26.1. The molecule has 4 unspecified atom stereocenters. The Bertz CT molecular complexity index is 3670. The van der Waals surface area contributed by atoms with E-state index in [2.05, 4.69) is 132 Å². The molecule has 786 valence electrons. The van der Waals surface area contributed by atoms with E-state index in [1.165, 1.54) is 443 Å². The van der Waals surface area contributed by atoms with Gasteiger partial charge < -0.3 is 26.9 Å². The van der Waals surface area contributed by atoms with Gasteiger partial charge in [-0.3, -0.25) is 29.7 Å². The molecule has 0 fully saturated rings. The number of nitrogens with zero attached hydrogens (tertiary/aromatic N) is 2. The Morgan fingerprint density at radius 3 is 0.830 bits per heavy atom. The van der Waals surface area contributed by atoms with Crippen molar-refractivity contribution in [1.82, 2.24) is 24.9 Å². The lowest BCUT2D eigenvalue weighted by atomic mass is 9.76. The van der Waals surface area contributed by atoms with E-state index < -0.39 is 6.10 Å². The molecule has 0 radical (unpaired) electrons. The Morgan fingerprint density at radius 2 is 0.548 bits per heavy atom. The van der Waals surface area contributed by atoms with Crippen LogP contribution in [0.4, 0.5) is 0 Å². The number of carbonyl (C=O) groups is 1. The van der Waals surface area contributed by atoms with Gasteiger partial charge in [0.2, 0.25) is 6.10 Å². The van der Waals surface area contributed by atoms with Crippen molar-refractivity contribution in [2.45, 2.75) is 645 Å². The van der Waals surface area contributed by atoms with E-state index in [1.807, 2.05) is 0 Å². The molecule has 6 rings (SSSR count).